The quantitative estimate of drug-likeness (QED) is 0.461. The van der Waals surface area contributed by atoms with Gasteiger partial charge in [0.25, 0.3) is 5.69 Å². The summed E-state index contributed by atoms with van der Waals surface area (Å²) in [4.78, 5) is 10.3. The number of benzene rings is 1. The molecule has 0 heterocycles. The molecule has 94 valence electrons. The second-order valence-corrected chi connectivity index (χ2v) is 3.64. The summed E-state index contributed by atoms with van der Waals surface area (Å²) in [7, 11) is 1.43. The molecule has 0 amide bonds. The first-order valence-electron chi connectivity index (χ1n) is 4.88. The summed E-state index contributed by atoms with van der Waals surface area (Å²) < 4.78 is 4.90. The number of ether oxygens (including phenoxy) is 1. The van der Waals surface area contributed by atoms with Crippen LogP contribution in [0.5, 0.6) is 5.75 Å². The Kier molecular flexibility index (Phi) is 4.99. The van der Waals surface area contributed by atoms with E-state index >= 15 is 0 Å². The molecule has 0 saturated carbocycles. The van der Waals surface area contributed by atoms with Gasteiger partial charge in [-0.25, -0.2) is 0 Å². The molecule has 0 saturated heterocycles. The Morgan fingerprint density at radius 1 is 1.65 bits per heavy atom. The van der Waals surface area contributed by atoms with Gasteiger partial charge in [-0.05, 0) is 12.1 Å². The number of halogens is 1. The zero-order valence-corrected chi connectivity index (χ0v) is 9.98. The monoisotopic (exact) mass is 260 g/mol. The molecule has 1 atom stereocenters. The average Bonchev–Trinajstić information content (AvgIpc) is 2.35. The largest absolute Gasteiger partial charge is 0.496 e. The highest BCUT2D eigenvalue weighted by atomic mass is 35.5. The molecule has 0 aromatic heterocycles. The smallest absolute Gasteiger partial charge is 0.296 e. The number of aliphatic hydroxyl groups is 1. The summed E-state index contributed by atoms with van der Waals surface area (Å²) in [5.74, 6) is 0.469. The molecule has 0 fully saturated rings. The van der Waals surface area contributed by atoms with E-state index in [0.717, 1.165) is 0 Å². The van der Waals surface area contributed by atoms with Gasteiger partial charge in [-0.1, -0.05) is 0 Å². The number of nitro groups is 1. The third kappa shape index (κ3) is 3.76. The minimum Gasteiger partial charge on any atom is -0.496 e. The lowest BCUT2D eigenvalue weighted by Gasteiger charge is -2.10. The molecule has 17 heavy (non-hydrogen) atoms. The van der Waals surface area contributed by atoms with E-state index in [4.69, 9.17) is 16.3 Å². The molecule has 7 heteroatoms. The van der Waals surface area contributed by atoms with Crippen LogP contribution in [0.15, 0.2) is 18.2 Å². The number of methoxy groups -OCH3 is 1. The van der Waals surface area contributed by atoms with Crippen molar-refractivity contribution in [2.24, 2.45) is 0 Å². The zero-order chi connectivity index (χ0) is 12.8. The number of anilines is 1. The van der Waals surface area contributed by atoms with Crippen LogP contribution in [0.3, 0.4) is 0 Å². The Bertz CT molecular complexity index is 400. The van der Waals surface area contributed by atoms with Crippen molar-refractivity contribution in [2.75, 3.05) is 24.9 Å². The molecule has 0 aliphatic carbocycles. The Morgan fingerprint density at radius 3 is 2.88 bits per heavy atom. The lowest BCUT2D eigenvalue weighted by Crippen LogP contribution is -2.21. The van der Waals surface area contributed by atoms with Gasteiger partial charge in [-0.2, -0.15) is 0 Å². The molecule has 0 spiro atoms. The van der Waals surface area contributed by atoms with E-state index in [1.807, 2.05) is 0 Å². The fourth-order valence-corrected chi connectivity index (χ4v) is 1.33. The second-order valence-electron chi connectivity index (χ2n) is 3.33. The van der Waals surface area contributed by atoms with Gasteiger partial charge < -0.3 is 15.2 Å². The lowest BCUT2D eigenvalue weighted by molar-refractivity contribution is -0.384. The van der Waals surface area contributed by atoms with Gasteiger partial charge in [0.1, 0.15) is 11.4 Å². The summed E-state index contributed by atoms with van der Waals surface area (Å²) in [6.07, 6.45) is -0.752. The maximum atomic E-state index is 10.8. The molecular weight excluding hydrogens is 248 g/mol. The average molecular weight is 261 g/mol. The normalized spacial score (nSPS) is 11.9. The van der Waals surface area contributed by atoms with Crippen molar-refractivity contribution in [1.29, 1.82) is 0 Å². The van der Waals surface area contributed by atoms with Gasteiger partial charge in [0.2, 0.25) is 0 Å². The number of nitrogens with one attached hydrogen (secondary N) is 1. The number of nitro benzene ring substituents is 1. The second kappa shape index (κ2) is 6.27. The van der Waals surface area contributed by atoms with Crippen molar-refractivity contribution in [3.8, 4) is 5.75 Å². The predicted molar refractivity (Wildman–Crippen MR) is 64.9 cm³/mol. The van der Waals surface area contributed by atoms with Crippen molar-refractivity contribution in [1.82, 2.24) is 0 Å². The van der Waals surface area contributed by atoms with Gasteiger partial charge in [0.15, 0.2) is 0 Å². The topological polar surface area (TPSA) is 84.6 Å². The first kappa shape index (κ1) is 13.5. The summed E-state index contributed by atoms with van der Waals surface area (Å²) in [5.41, 5.74) is 0.214. The van der Waals surface area contributed by atoms with E-state index < -0.39 is 11.0 Å². The Morgan fingerprint density at radius 2 is 2.35 bits per heavy atom. The molecule has 1 unspecified atom stereocenters. The maximum absolute atomic E-state index is 10.8. The van der Waals surface area contributed by atoms with Crippen LogP contribution in [0, 0.1) is 10.1 Å². The summed E-state index contributed by atoms with van der Waals surface area (Å²) in [5, 5.41) is 22.9. The number of aliphatic hydroxyl groups excluding tert-OH is 1. The third-order valence-electron chi connectivity index (χ3n) is 2.11. The van der Waals surface area contributed by atoms with Crippen LogP contribution in [0.4, 0.5) is 11.4 Å². The SMILES string of the molecule is COc1ccc(NCC(O)CCl)c([N+](=O)[O-])c1. The Labute approximate surface area is 103 Å². The van der Waals surface area contributed by atoms with Crippen molar-refractivity contribution in [3.63, 3.8) is 0 Å². The van der Waals surface area contributed by atoms with Gasteiger partial charge in [-0.15, -0.1) is 11.6 Å². The van der Waals surface area contributed by atoms with Crippen molar-refractivity contribution in [3.05, 3.63) is 28.3 Å². The van der Waals surface area contributed by atoms with E-state index in [9.17, 15) is 15.2 Å². The Balaban J connectivity index is 2.87. The first-order valence-corrected chi connectivity index (χ1v) is 5.42. The minimum absolute atomic E-state index is 0.0664. The van der Waals surface area contributed by atoms with E-state index in [-0.39, 0.29) is 18.1 Å². The zero-order valence-electron chi connectivity index (χ0n) is 9.22. The van der Waals surface area contributed by atoms with Crippen LogP contribution in [0.2, 0.25) is 0 Å². The van der Waals surface area contributed by atoms with Gasteiger partial charge in [0, 0.05) is 6.54 Å². The minimum atomic E-state index is -0.752. The summed E-state index contributed by atoms with van der Waals surface area (Å²) in [6.45, 7) is 0.149. The van der Waals surface area contributed by atoms with E-state index in [1.54, 1.807) is 6.07 Å². The highest BCUT2D eigenvalue weighted by Gasteiger charge is 2.15. The molecule has 1 rings (SSSR count). The number of rotatable bonds is 6. The summed E-state index contributed by atoms with van der Waals surface area (Å²) >= 11 is 5.42. The van der Waals surface area contributed by atoms with Crippen LogP contribution < -0.4 is 10.1 Å². The van der Waals surface area contributed by atoms with Crippen LogP contribution in [0.1, 0.15) is 0 Å². The van der Waals surface area contributed by atoms with Crippen molar-refractivity contribution in [2.45, 2.75) is 6.10 Å². The van der Waals surface area contributed by atoms with Gasteiger partial charge >= 0.3 is 0 Å². The van der Waals surface area contributed by atoms with Gasteiger partial charge in [0.05, 0.1) is 30.1 Å². The van der Waals surface area contributed by atoms with Crippen LogP contribution in [0.25, 0.3) is 0 Å². The lowest BCUT2D eigenvalue weighted by atomic mass is 10.2. The van der Waals surface area contributed by atoms with E-state index in [0.29, 0.717) is 11.4 Å². The third-order valence-corrected chi connectivity index (χ3v) is 2.46. The number of hydrogen-bond acceptors (Lipinski definition) is 5. The van der Waals surface area contributed by atoms with E-state index in [1.165, 1.54) is 19.2 Å². The predicted octanol–water partition coefficient (Wildman–Crippen LogP) is 1.61. The summed E-state index contributed by atoms with van der Waals surface area (Å²) in [6, 6.07) is 4.44. The van der Waals surface area contributed by atoms with Crippen LogP contribution in [-0.4, -0.2) is 35.7 Å². The molecule has 1 aromatic carbocycles. The van der Waals surface area contributed by atoms with Crippen molar-refractivity contribution >= 4 is 23.0 Å². The molecule has 0 radical (unpaired) electrons. The molecule has 0 aliphatic heterocycles. The fourth-order valence-electron chi connectivity index (χ4n) is 1.22. The van der Waals surface area contributed by atoms with Crippen molar-refractivity contribution < 1.29 is 14.8 Å². The molecule has 6 nitrogen and oxygen atoms in total. The molecular formula is C10H13ClN2O4. The van der Waals surface area contributed by atoms with E-state index in [2.05, 4.69) is 5.32 Å². The van der Waals surface area contributed by atoms with Crippen LogP contribution >= 0.6 is 11.6 Å². The Hall–Kier alpha value is -1.53. The maximum Gasteiger partial charge on any atom is 0.296 e. The highest BCUT2D eigenvalue weighted by molar-refractivity contribution is 6.18. The molecule has 2 N–H and O–H groups in total. The highest BCUT2D eigenvalue weighted by Crippen LogP contribution is 2.28. The number of nitrogens with zero attached hydrogens (tertiary/aromatic N) is 1. The molecule has 0 bridgehead atoms. The number of alkyl halides is 1. The molecule has 0 aliphatic rings. The fraction of sp³-hybridized carbons (Fsp3) is 0.400. The first-order chi connectivity index (χ1) is 8.08. The number of hydrogen-bond donors (Lipinski definition) is 2. The standard InChI is InChI=1S/C10H13ClN2O4/c1-17-8-2-3-9(10(4-8)13(15)16)12-6-7(14)5-11/h2-4,7,12,14H,5-6H2,1H3. The van der Waals surface area contributed by atoms with Gasteiger partial charge in [-0.3, -0.25) is 10.1 Å². The molecule has 1 aromatic rings. The van der Waals surface area contributed by atoms with Crippen LogP contribution in [-0.2, 0) is 0 Å².